The molecule has 0 radical (unpaired) electrons. The van der Waals surface area contributed by atoms with E-state index in [-0.39, 0.29) is 5.91 Å². The van der Waals surface area contributed by atoms with Gasteiger partial charge in [0, 0.05) is 23.6 Å². The van der Waals surface area contributed by atoms with Gasteiger partial charge in [0.25, 0.3) is 0 Å². The molecule has 0 aliphatic rings. The van der Waals surface area contributed by atoms with E-state index in [0.29, 0.717) is 5.13 Å². The second kappa shape index (κ2) is 7.90. The number of anilines is 1. The van der Waals surface area contributed by atoms with Gasteiger partial charge >= 0.3 is 0 Å². The summed E-state index contributed by atoms with van der Waals surface area (Å²) in [7, 11) is 0. The maximum Gasteiger partial charge on any atom is 0.250 e. The minimum Gasteiger partial charge on any atom is -0.298 e. The number of nitrogens with zero attached hydrogens (tertiary/aromatic N) is 1. The number of aromatic nitrogens is 1. The highest BCUT2D eigenvalue weighted by Crippen LogP contribution is 2.21. The Balaban J connectivity index is 1.61. The van der Waals surface area contributed by atoms with Gasteiger partial charge in [0.05, 0.1) is 0 Å². The Morgan fingerprint density at radius 3 is 2.80 bits per heavy atom. The summed E-state index contributed by atoms with van der Waals surface area (Å²) in [5.41, 5.74) is 4.68. The summed E-state index contributed by atoms with van der Waals surface area (Å²) < 4.78 is 0. The van der Waals surface area contributed by atoms with E-state index in [0.717, 1.165) is 22.4 Å². The first-order valence-electron chi connectivity index (χ1n) is 8.15. The molecule has 3 nitrogen and oxygen atoms in total. The van der Waals surface area contributed by atoms with Crippen LogP contribution in [0.25, 0.3) is 6.08 Å². The zero-order valence-electron chi connectivity index (χ0n) is 14.3. The van der Waals surface area contributed by atoms with Crippen molar-refractivity contribution in [2.75, 3.05) is 5.32 Å². The second-order valence-corrected chi connectivity index (χ2v) is 7.09. The summed E-state index contributed by atoms with van der Waals surface area (Å²) in [6.45, 7) is 4.11. The van der Waals surface area contributed by atoms with Crippen LogP contribution in [0.4, 0.5) is 5.13 Å². The number of nitrogens with one attached hydrogen (secondary N) is 1. The first-order chi connectivity index (χ1) is 12.1. The summed E-state index contributed by atoms with van der Waals surface area (Å²) in [5, 5.41) is 3.46. The van der Waals surface area contributed by atoms with E-state index >= 15 is 0 Å². The van der Waals surface area contributed by atoms with Crippen LogP contribution < -0.4 is 5.32 Å². The van der Waals surface area contributed by atoms with Crippen LogP contribution in [0.5, 0.6) is 0 Å². The summed E-state index contributed by atoms with van der Waals surface area (Å²) in [4.78, 5) is 17.5. The lowest BCUT2D eigenvalue weighted by molar-refractivity contribution is -0.111. The standard InChI is InChI=1S/C21H20N2OS/c1-15-6-5-8-17(12-15)13-19-14-22-21(25-19)23-20(24)11-10-18-9-4-3-7-16(18)2/h3-12,14H,13H2,1-2H3,(H,22,23,24). The Hall–Kier alpha value is -2.72. The molecule has 0 saturated carbocycles. The van der Waals surface area contributed by atoms with Crippen molar-refractivity contribution in [3.63, 3.8) is 0 Å². The van der Waals surface area contributed by atoms with E-state index in [9.17, 15) is 4.79 Å². The summed E-state index contributed by atoms with van der Waals surface area (Å²) in [6, 6.07) is 16.4. The fraction of sp³-hybridized carbons (Fsp3) is 0.143. The molecule has 3 aromatic rings. The van der Waals surface area contributed by atoms with Crippen LogP contribution in [-0.4, -0.2) is 10.9 Å². The lowest BCUT2D eigenvalue weighted by Crippen LogP contribution is -2.07. The molecule has 0 spiro atoms. The quantitative estimate of drug-likeness (QED) is 0.659. The van der Waals surface area contributed by atoms with Gasteiger partial charge < -0.3 is 0 Å². The number of amides is 1. The Bertz CT molecular complexity index is 912. The molecule has 0 bridgehead atoms. The average Bonchev–Trinajstić information content (AvgIpc) is 3.01. The third-order valence-electron chi connectivity index (χ3n) is 3.85. The van der Waals surface area contributed by atoms with Gasteiger partial charge in [-0.2, -0.15) is 0 Å². The zero-order valence-corrected chi connectivity index (χ0v) is 15.1. The van der Waals surface area contributed by atoms with Crippen molar-refractivity contribution in [3.05, 3.63) is 87.9 Å². The smallest absolute Gasteiger partial charge is 0.250 e. The second-order valence-electron chi connectivity index (χ2n) is 5.98. The van der Waals surface area contributed by atoms with Crippen LogP contribution >= 0.6 is 11.3 Å². The maximum absolute atomic E-state index is 12.1. The number of hydrogen-bond acceptors (Lipinski definition) is 3. The molecule has 0 saturated heterocycles. The fourth-order valence-electron chi connectivity index (χ4n) is 2.56. The van der Waals surface area contributed by atoms with Gasteiger partial charge in [-0.05, 0) is 36.6 Å². The number of rotatable bonds is 5. The molecule has 1 aromatic heterocycles. The Kier molecular flexibility index (Phi) is 5.41. The molecule has 1 amide bonds. The van der Waals surface area contributed by atoms with E-state index in [2.05, 4.69) is 41.5 Å². The topological polar surface area (TPSA) is 42.0 Å². The summed E-state index contributed by atoms with van der Waals surface area (Å²) in [6.07, 6.45) is 6.03. The molecule has 3 rings (SSSR count). The van der Waals surface area contributed by atoms with Crippen molar-refractivity contribution >= 4 is 28.5 Å². The first kappa shape index (κ1) is 17.1. The van der Waals surface area contributed by atoms with Crippen LogP contribution in [-0.2, 0) is 11.2 Å². The predicted octanol–water partition coefficient (Wildman–Crippen LogP) is 5.00. The highest BCUT2D eigenvalue weighted by molar-refractivity contribution is 7.15. The van der Waals surface area contributed by atoms with Crippen LogP contribution in [0.1, 0.15) is 27.1 Å². The summed E-state index contributed by atoms with van der Waals surface area (Å²) in [5.74, 6) is -0.167. The minimum atomic E-state index is -0.167. The molecular weight excluding hydrogens is 328 g/mol. The largest absolute Gasteiger partial charge is 0.298 e. The van der Waals surface area contributed by atoms with Gasteiger partial charge in [-0.25, -0.2) is 4.98 Å². The normalized spacial score (nSPS) is 11.0. The highest BCUT2D eigenvalue weighted by Gasteiger charge is 2.06. The highest BCUT2D eigenvalue weighted by atomic mass is 32.1. The minimum absolute atomic E-state index is 0.167. The van der Waals surface area contributed by atoms with E-state index in [1.54, 1.807) is 6.08 Å². The molecule has 0 fully saturated rings. The third-order valence-corrected chi connectivity index (χ3v) is 4.76. The number of hydrogen-bond donors (Lipinski definition) is 1. The number of benzene rings is 2. The van der Waals surface area contributed by atoms with Crippen LogP contribution in [0, 0.1) is 13.8 Å². The molecule has 0 unspecified atom stereocenters. The maximum atomic E-state index is 12.1. The van der Waals surface area contributed by atoms with Gasteiger partial charge in [0.2, 0.25) is 5.91 Å². The zero-order chi connectivity index (χ0) is 17.6. The number of aryl methyl sites for hydroxylation is 2. The lowest BCUT2D eigenvalue weighted by atomic mass is 10.1. The van der Waals surface area contributed by atoms with Gasteiger partial charge in [-0.15, -0.1) is 11.3 Å². The number of carbonyl (C=O) groups excluding carboxylic acids is 1. The molecule has 4 heteroatoms. The Morgan fingerprint density at radius 2 is 2.00 bits per heavy atom. The molecule has 0 aliphatic heterocycles. The molecule has 126 valence electrons. The van der Waals surface area contributed by atoms with E-state index in [1.165, 1.54) is 22.5 Å². The molecule has 1 N–H and O–H groups in total. The van der Waals surface area contributed by atoms with Crippen molar-refractivity contribution < 1.29 is 4.79 Å². The van der Waals surface area contributed by atoms with Gasteiger partial charge in [0.15, 0.2) is 5.13 Å². The molecular formula is C21H20N2OS. The van der Waals surface area contributed by atoms with E-state index < -0.39 is 0 Å². The Labute approximate surface area is 152 Å². The monoisotopic (exact) mass is 348 g/mol. The van der Waals surface area contributed by atoms with Crippen molar-refractivity contribution in [2.45, 2.75) is 20.3 Å². The third kappa shape index (κ3) is 4.88. The average molecular weight is 348 g/mol. The van der Waals surface area contributed by atoms with Crippen molar-refractivity contribution in [1.29, 1.82) is 0 Å². The molecule has 1 heterocycles. The molecule has 2 aromatic carbocycles. The molecule has 0 atom stereocenters. The van der Waals surface area contributed by atoms with Gasteiger partial charge in [0.1, 0.15) is 0 Å². The lowest BCUT2D eigenvalue weighted by Gasteiger charge is -2.00. The summed E-state index contributed by atoms with van der Waals surface area (Å²) >= 11 is 1.51. The van der Waals surface area contributed by atoms with Crippen molar-refractivity contribution in [3.8, 4) is 0 Å². The Morgan fingerprint density at radius 1 is 1.16 bits per heavy atom. The SMILES string of the molecule is Cc1cccc(Cc2cnc(NC(=O)C=Cc3ccccc3C)s2)c1. The van der Waals surface area contributed by atoms with Gasteiger partial charge in [-0.1, -0.05) is 54.1 Å². The number of carbonyl (C=O) groups is 1. The van der Waals surface area contributed by atoms with Crippen molar-refractivity contribution in [2.24, 2.45) is 0 Å². The van der Waals surface area contributed by atoms with Gasteiger partial charge in [-0.3, -0.25) is 10.1 Å². The van der Waals surface area contributed by atoms with Crippen LogP contribution in [0.15, 0.2) is 60.8 Å². The predicted molar refractivity (Wildman–Crippen MR) is 105 cm³/mol. The molecule has 25 heavy (non-hydrogen) atoms. The van der Waals surface area contributed by atoms with E-state index in [1.807, 2.05) is 43.5 Å². The fourth-order valence-corrected chi connectivity index (χ4v) is 3.41. The van der Waals surface area contributed by atoms with Crippen molar-refractivity contribution in [1.82, 2.24) is 4.98 Å². The first-order valence-corrected chi connectivity index (χ1v) is 8.97. The van der Waals surface area contributed by atoms with E-state index in [4.69, 9.17) is 0 Å². The number of thiazole rings is 1. The van der Waals surface area contributed by atoms with Crippen LogP contribution in [0.3, 0.4) is 0 Å². The molecule has 0 aliphatic carbocycles. The van der Waals surface area contributed by atoms with Crippen LogP contribution in [0.2, 0.25) is 0 Å².